The van der Waals surface area contributed by atoms with E-state index in [1.165, 1.54) is 35.2 Å². The molecule has 0 fully saturated rings. The van der Waals surface area contributed by atoms with E-state index < -0.39 is 41.1 Å². The van der Waals surface area contributed by atoms with E-state index in [0.29, 0.717) is 5.69 Å². The number of nitro benzene ring substituents is 1. The Morgan fingerprint density at radius 2 is 1.52 bits per heavy atom. The van der Waals surface area contributed by atoms with Crippen LogP contribution in [0.2, 0.25) is 0 Å². The van der Waals surface area contributed by atoms with Crippen LogP contribution in [0.15, 0.2) is 52.3 Å². The lowest BCUT2D eigenvalue weighted by Gasteiger charge is -2.27. The molecule has 0 atom stereocenters. The SMILES string of the molecule is CC(C)N(C(=O)c1ccc(S(C)(=O)=O)c([N+](=O)[O-])c1)c1ccc(S(C)(=O)=O)cc1. The smallest absolute Gasteiger partial charge is 0.288 e. The summed E-state index contributed by atoms with van der Waals surface area (Å²) >= 11 is 0. The fourth-order valence-electron chi connectivity index (χ4n) is 2.75. The van der Waals surface area contributed by atoms with Crippen LogP contribution in [0, 0.1) is 10.1 Å². The van der Waals surface area contributed by atoms with Crippen LogP contribution < -0.4 is 4.90 Å². The molecule has 2 rings (SSSR count). The quantitative estimate of drug-likeness (QED) is 0.498. The number of carbonyl (C=O) groups excluding carboxylic acids is 1. The Hall–Kier alpha value is -2.79. The van der Waals surface area contributed by atoms with E-state index in [-0.39, 0.29) is 16.5 Å². The first-order valence-electron chi connectivity index (χ1n) is 8.35. The molecule has 11 heteroatoms. The predicted molar refractivity (Wildman–Crippen MR) is 108 cm³/mol. The molecule has 0 aliphatic carbocycles. The lowest BCUT2D eigenvalue weighted by Crippen LogP contribution is -2.37. The van der Waals surface area contributed by atoms with E-state index in [1.54, 1.807) is 13.8 Å². The minimum Gasteiger partial charge on any atom is -0.306 e. The van der Waals surface area contributed by atoms with Crippen molar-refractivity contribution >= 4 is 37.0 Å². The summed E-state index contributed by atoms with van der Waals surface area (Å²) in [5, 5.41) is 11.3. The normalized spacial score (nSPS) is 12.0. The van der Waals surface area contributed by atoms with Crippen molar-refractivity contribution in [1.29, 1.82) is 0 Å². The first kappa shape index (κ1) is 22.5. The molecule has 0 bridgehead atoms. The van der Waals surface area contributed by atoms with Crippen molar-refractivity contribution in [2.24, 2.45) is 0 Å². The molecule has 1 amide bonds. The number of carbonyl (C=O) groups is 1. The third kappa shape index (κ3) is 4.98. The number of nitrogens with zero attached hydrogens (tertiary/aromatic N) is 2. The van der Waals surface area contributed by atoms with Gasteiger partial charge in [0.25, 0.3) is 11.6 Å². The van der Waals surface area contributed by atoms with E-state index in [9.17, 15) is 31.7 Å². The van der Waals surface area contributed by atoms with Crippen molar-refractivity contribution in [3.05, 3.63) is 58.1 Å². The number of amides is 1. The number of anilines is 1. The Morgan fingerprint density at radius 1 is 0.966 bits per heavy atom. The van der Waals surface area contributed by atoms with Crippen LogP contribution in [0.5, 0.6) is 0 Å². The highest BCUT2D eigenvalue weighted by atomic mass is 32.2. The van der Waals surface area contributed by atoms with Crippen molar-refractivity contribution in [1.82, 2.24) is 0 Å². The molecule has 0 aromatic heterocycles. The molecule has 0 unspecified atom stereocenters. The molecule has 0 N–H and O–H groups in total. The van der Waals surface area contributed by atoms with Gasteiger partial charge in [-0.25, -0.2) is 16.8 Å². The zero-order chi connectivity index (χ0) is 22.1. The zero-order valence-corrected chi connectivity index (χ0v) is 17.8. The summed E-state index contributed by atoms with van der Waals surface area (Å²) in [5.74, 6) is -0.588. The second-order valence-corrected chi connectivity index (χ2v) is 10.7. The number of nitro groups is 1. The molecule has 0 aliphatic rings. The highest BCUT2D eigenvalue weighted by Gasteiger charge is 2.27. The van der Waals surface area contributed by atoms with Gasteiger partial charge >= 0.3 is 0 Å². The van der Waals surface area contributed by atoms with Crippen LogP contribution in [-0.4, -0.2) is 46.2 Å². The second-order valence-electron chi connectivity index (χ2n) is 6.75. The van der Waals surface area contributed by atoms with E-state index in [0.717, 1.165) is 24.6 Å². The Bertz CT molecular complexity index is 1170. The van der Waals surface area contributed by atoms with E-state index in [4.69, 9.17) is 0 Å². The van der Waals surface area contributed by atoms with Crippen LogP contribution in [0.3, 0.4) is 0 Å². The van der Waals surface area contributed by atoms with Crippen LogP contribution >= 0.6 is 0 Å². The number of benzene rings is 2. The average Bonchev–Trinajstić information content (AvgIpc) is 2.59. The summed E-state index contributed by atoms with van der Waals surface area (Å²) in [7, 11) is -7.26. The summed E-state index contributed by atoms with van der Waals surface area (Å²) < 4.78 is 46.8. The molecule has 29 heavy (non-hydrogen) atoms. The van der Waals surface area contributed by atoms with Gasteiger partial charge in [0.05, 0.1) is 9.82 Å². The molecular weight excluding hydrogens is 420 g/mol. The van der Waals surface area contributed by atoms with Gasteiger partial charge in [-0.15, -0.1) is 0 Å². The minimum atomic E-state index is -3.85. The van der Waals surface area contributed by atoms with Crippen molar-refractivity contribution in [3.8, 4) is 0 Å². The molecule has 0 radical (unpaired) electrons. The lowest BCUT2D eigenvalue weighted by atomic mass is 10.1. The molecule has 0 aliphatic heterocycles. The maximum Gasteiger partial charge on any atom is 0.288 e. The second kappa shape index (κ2) is 7.91. The Labute approximate surface area is 169 Å². The molecule has 0 saturated heterocycles. The summed E-state index contributed by atoms with van der Waals surface area (Å²) in [5.41, 5.74) is -0.355. The lowest BCUT2D eigenvalue weighted by molar-refractivity contribution is -0.387. The first-order chi connectivity index (χ1) is 13.2. The number of hydrogen-bond acceptors (Lipinski definition) is 7. The number of hydrogen-bond donors (Lipinski definition) is 0. The van der Waals surface area contributed by atoms with Crippen molar-refractivity contribution in [3.63, 3.8) is 0 Å². The number of sulfone groups is 2. The van der Waals surface area contributed by atoms with Gasteiger partial charge < -0.3 is 4.90 Å². The average molecular weight is 440 g/mol. The fourth-order valence-corrected chi connectivity index (χ4v) is 4.21. The van der Waals surface area contributed by atoms with Crippen molar-refractivity contribution in [2.45, 2.75) is 29.7 Å². The van der Waals surface area contributed by atoms with Gasteiger partial charge in [-0.1, -0.05) is 0 Å². The largest absolute Gasteiger partial charge is 0.306 e. The van der Waals surface area contributed by atoms with Gasteiger partial charge in [0.15, 0.2) is 19.7 Å². The summed E-state index contributed by atoms with van der Waals surface area (Å²) in [6.45, 7) is 3.45. The topological polar surface area (TPSA) is 132 Å². The highest BCUT2D eigenvalue weighted by Crippen LogP contribution is 2.28. The summed E-state index contributed by atoms with van der Waals surface area (Å²) in [6.07, 6.45) is 1.91. The zero-order valence-electron chi connectivity index (χ0n) is 16.2. The van der Waals surface area contributed by atoms with Crippen LogP contribution in [0.25, 0.3) is 0 Å². The molecule has 9 nitrogen and oxygen atoms in total. The Balaban J connectivity index is 2.54. The van der Waals surface area contributed by atoms with Gasteiger partial charge in [0.2, 0.25) is 0 Å². The Kier molecular flexibility index (Phi) is 6.14. The van der Waals surface area contributed by atoms with E-state index in [1.807, 2.05) is 0 Å². The maximum absolute atomic E-state index is 13.0. The minimum absolute atomic E-state index is 0.0648. The van der Waals surface area contributed by atoms with Gasteiger partial charge in [-0.3, -0.25) is 14.9 Å². The summed E-state index contributed by atoms with van der Waals surface area (Å²) in [6, 6.07) is 8.48. The van der Waals surface area contributed by atoms with Gasteiger partial charge in [0, 0.05) is 35.9 Å². The maximum atomic E-state index is 13.0. The molecule has 0 heterocycles. The highest BCUT2D eigenvalue weighted by molar-refractivity contribution is 7.91. The molecule has 156 valence electrons. The van der Waals surface area contributed by atoms with E-state index in [2.05, 4.69) is 0 Å². The Morgan fingerprint density at radius 3 is 1.93 bits per heavy atom. The van der Waals surface area contributed by atoms with Gasteiger partial charge in [-0.2, -0.15) is 0 Å². The van der Waals surface area contributed by atoms with E-state index >= 15 is 0 Å². The van der Waals surface area contributed by atoms with Crippen molar-refractivity contribution in [2.75, 3.05) is 17.4 Å². The van der Waals surface area contributed by atoms with Gasteiger partial charge in [0.1, 0.15) is 4.90 Å². The molecule has 2 aromatic rings. The number of rotatable bonds is 6. The molecular formula is C18H20N2O7S2. The van der Waals surface area contributed by atoms with Crippen LogP contribution in [0.1, 0.15) is 24.2 Å². The third-order valence-electron chi connectivity index (χ3n) is 4.08. The fraction of sp³-hybridized carbons (Fsp3) is 0.278. The van der Waals surface area contributed by atoms with Crippen LogP contribution in [-0.2, 0) is 19.7 Å². The molecule has 0 spiro atoms. The van der Waals surface area contributed by atoms with Gasteiger partial charge in [-0.05, 0) is 50.2 Å². The first-order valence-corrected chi connectivity index (χ1v) is 12.1. The molecule has 0 saturated carbocycles. The monoisotopic (exact) mass is 440 g/mol. The summed E-state index contributed by atoms with van der Waals surface area (Å²) in [4.78, 5) is 24.4. The third-order valence-corrected chi connectivity index (χ3v) is 6.35. The molecule has 2 aromatic carbocycles. The standard InChI is InChI=1S/C18H20N2O7S2/c1-12(2)19(14-6-8-15(9-7-14)28(3,24)25)18(21)13-5-10-17(29(4,26)27)16(11-13)20(22)23/h5-12H,1-4H3. The predicted octanol–water partition coefficient (Wildman–Crippen LogP) is 2.46. The van der Waals surface area contributed by atoms with Crippen LogP contribution in [0.4, 0.5) is 11.4 Å². The van der Waals surface area contributed by atoms with Crippen molar-refractivity contribution < 1.29 is 26.6 Å².